The normalized spacial score (nSPS) is 11.0. The van der Waals surface area contributed by atoms with E-state index in [4.69, 9.17) is 4.98 Å². The number of thiophene rings is 1. The van der Waals surface area contributed by atoms with Crippen LogP contribution in [0.25, 0.3) is 22.0 Å². The van der Waals surface area contributed by atoms with Gasteiger partial charge in [0, 0.05) is 40.5 Å². The Balaban J connectivity index is 1.47. The van der Waals surface area contributed by atoms with Gasteiger partial charge in [-0.1, -0.05) is 18.2 Å². The molecule has 0 saturated heterocycles. The summed E-state index contributed by atoms with van der Waals surface area (Å²) in [6, 6.07) is 16.0. The minimum atomic E-state index is -0.296. The SMILES string of the molecule is Cc1c(C(=O)NCc2ccc(F)cc2)cc(-c2csc(-c3ccncc3)n2)n1Cc1cccs1. The molecule has 170 valence electrons. The highest BCUT2D eigenvalue weighted by atomic mass is 32.1. The Bertz CT molecular complexity index is 1410. The van der Waals surface area contributed by atoms with Crippen LogP contribution in [0.5, 0.6) is 0 Å². The maximum Gasteiger partial charge on any atom is 0.253 e. The molecule has 34 heavy (non-hydrogen) atoms. The minimum absolute atomic E-state index is 0.169. The highest BCUT2D eigenvalue weighted by Crippen LogP contribution is 2.32. The van der Waals surface area contributed by atoms with Crippen LogP contribution in [-0.4, -0.2) is 20.4 Å². The number of thiazole rings is 1. The molecule has 5 rings (SSSR count). The van der Waals surface area contributed by atoms with Crippen LogP contribution in [0.4, 0.5) is 4.39 Å². The van der Waals surface area contributed by atoms with E-state index in [0.717, 1.165) is 33.2 Å². The van der Waals surface area contributed by atoms with Gasteiger partial charge < -0.3 is 9.88 Å². The van der Waals surface area contributed by atoms with Gasteiger partial charge in [-0.05, 0) is 54.3 Å². The molecule has 1 aromatic carbocycles. The molecule has 0 radical (unpaired) electrons. The Morgan fingerprint density at radius 3 is 2.62 bits per heavy atom. The molecule has 8 heteroatoms. The summed E-state index contributed by atoms with van der Waals surface area (Å²) >= 11 is 3.25. The fraction of sp³-hybridized carbons (Fsp3) is 0.115. The van der Waals surface area contributed by atoms with Gasteiger partial charge >= 0.3 is 0 Å². The highest BCUT2D eigenvalue weighted by molar-refractivity contribution is 7.13. The third-order valence-electron chi connectivity index (χ3n) is 5.57. The summed E-state index contributed by atoms with van der Waals surface area (Å²) in [5.41, 5.74) is 5.05. The second-order valence-electron chi connectivity index (χ2n) is 7.78. The third kappa shape index (κ3) is 4.69. The standard InChI is InChI=1S/C26H21FN4OS2/c1-17-22(25(32)29-14-18-4-6-20(27)7-5-18)13-24(31(17)15-21-3-2-12-33-21)23-16-34-26(30-23)19-8-10-28-11-9-19/h2-13,16H,14-15H2,1H3,(H,29,32). The molecule has 1 amide bonds. The number of halogens is 1. The monoisotopic (exact) mass is 488 g/mol. The van der Waals surface area contributed by atoms with Gasteiger partial charge in [0.25, 0.3) is 5.91 Å². The van der Waals surface area contributed by atoms with Crippen LogP contribution in [0.2, 0.25) is 0 Å². The van der Waals surface area contributed by atoms with Crippen LogP contribution in [0.1, 0.15) is 26.5 Å². The quantitative estimate of drug-likeness (QED) is 0.298. The molecule has 5 aromatic rings. The van der Waals surface area contributed by atoms with E-state index in [1.165, 1.54) is 17.0 Å². The largest absolute Gasteiger partial charge is 0.348 e. The van der Waals surface area contributed by atoms with Crippen LogP contribution >= 0.6 is 22.7 Å². The molecular weight excluding hydrogens is 467 g/mol. The number of hydrogen-bond donors (Lipinski definition) is 1. The number of carbonyl (C=O) groups is 1. The van der Waals surface area contributed by atoms with Gasteiger partial charge in [-0.25, -0.2) is 9.37 Å². The number of aromatic nitrogens is 3. The van der Waals surface area contributed by atoms with Crippen molar-refractivity contribution in [2.24, 2.45) is 0 Å². The van der Waals surface area contributed by atoms with Crippen LogP contribution < -0.4 is 5.32 Å². The van der Waals surface area contributed by atoms with Crippen LogP contribution in [0.15, 0.2) is 77.8 Å². The lowest BCUT2D eigenvalue weighted by atomic mass is 10.2. The van der Waals surface area contributed by atoms with Crippen molar-refractivity contribution >= 4 is 28.6 Å². The van der Waals surface area contributed by atoms with E-state index in [2.05, 4.69) is 26.3 Å². The molecule has 0 atom stereocenters. The number of hydrogen-bond acceptors (Lipinski definition) is 5. The molecule has 0 aliphatic heterocycles. The maximum atomic E-state index is 13.2. The van der Waals surface area contributed by atoms with E-state index in [9.17, 15) is 9.18 Å². The topological polar surface area (TPSA) is 59.8 Å². The van der Waals surface area contributed by atoms with Crippen LogP contribution in [0, 0.1) is 12.7 Å². The van der Waals surface area contributed by atoms with Crippen molar-refractivity contribution in [3.63, 3.8) is 0 Å². The van der Waals surface area contributed by atoms with Crippen molar-refractivity contribution in [1.82, 2.24) is 19.9 Å². The molecule has 0 aliphatic rings. The first-order valence-corrected chi connectivity index (χ1v) is 12.5. The zero-order chi connectivity index (χ0) is 23.5. The van der Waals surface area contributed by atoms with Crippen molar-refractivity contribution in [3.8, 4) is 22.0 Å². The zero-order valence-electron chi connectivity index (χ0n) is 18.4. The van der Waals surface area contributed by atoms with Crippen molar-refractivity contribution in [2.75, 3.05) is 0 Å². The molecule has 4 heterocycles. The van der Waals surface area contributed by atoms with E-state index in [0.29, 0.717) is 18.7 Å². The van der Waals surface area contributed by atoms with Gasteiger partial charge in [-0.2, -0.15) is 0 Å². The van der Waals surface area contributed by atoms with Gasteiger partial charge in [0.15, 0.2) is 0 Å². The average Bonchev–Trinajstić information content (AvgIpc) is 3.61. The number of rotatable bonds is 7. The van der Waals surface area contributed by atoms with Gasteiger partial charge in [-0.15, -0.1) is 22.7 Å². The Morgan fingerprint density at radius 1 is 1.09 bits per heavy atom. The van der Waals surface area contributed by atoms with E-state index < -0.39 is 0 Å². The Labute approximate surface area is 204 Å². The van der Waals surface area contributed by atoms with Crippen LogP contribution in [0.3, 0.4) is 0 Å². The Kier molecular flexibility index (Phi) is 6.33. The van der Waals surface area contributed by atoms with Gasteiger partial charge in [0.1, 0.15) is 10.8 Å². The molecule has 0 saturated carbocycles. The molecule has 5 nitrogen and oxygen atoms in total. The maximum absolute atomic E-state index is 13.2. The van der Waals surface area contributed by atoms with E-state index in [1.54, 1.807) is 47.2 Å². The second-order valence-corrected chi connectivity index (χ2v) is 9.67. The number of benzene rings is 1. The van der Waals surface area contributed by atoms with E-state index >= 15 is 0 Å². The van der Waals surface area contributed by atoms with Crippen molar-refractivity contribution in [1.29, 1.82) is 0 Å². The lowest BCUT2D eigenvalue weighted by Gasteiger charge is -2.10. The first kappa shape index (κ1) is 22.2. The minimum Gasteiger partial charge on any atom is -0.348 e. The number of pyridine rings is 1. The number of carbonyl (C=O) groups excluding carboxylic acids is 1. The molecule has 0 aliphatic carbocycles. The Morgan fingerprint density at radius 2 is 1.88 bits per heavy atom. The predicted octanol–water partition coefficient (Wildman–Crippen LogP) is 6.16. The molecule has 1 N–H and O–H groups in total. The number of nitrogens with one attached hydrogen (secondary N) is 1. The summed E-state index contributed by atoms with van der Waals surface area (Å²) in [6.07, 6.45) is 3.51. The van der Waals surface area contributed by atoms with Gasteiger partial charge in [0.05, 0.1) is 23.5 Å². The summed E-state index contributed by atoms with van der Waals surface area (Å²) in [6.45, 7) is 2.94. The van der Waals surface area contributed by atoms with Crippen molar-refractivity contribution in [3.05, 3.63) is 105 Å². The summed E-state index contributed by atoms with van der Waals surface area (Å²) in [4.78, 5) is 23.3. The molecule has 0 fully saturated rings. The van der Waals surface area contributed by atoms with E-state index in [-0.39, 0.29) is 11.7 Å². The van der Waals surface area contributed by atoms with Crippen molar-refractivity contribution in [2.45, 2.75) is 20.0 Å². The second kappa shape index (κ2) is 9.70. The average molecular weight is 489 g/mol. The summed E-state index contributed by atoms with van der Waals surface area (Å²) in [7, 11) is 0. The summed E-state index contributed by atoms with van der Waals surface area (Å²) in [5, 5.41) is 7.94. The van der Waals surface area contributed by atoms with Gasteiger partial charge in [-0.3, -0.25) is 9.78 Å². The fourth-order valence-corrected chi connectivity index (χ4v) is 5.26. The molecular formula is C26H21FN4OS2. The molecule has 4 aromatic heterocycles. The van der Waals surface area contributed by atoms with Crippen molar-refractivity contribution < 1.29 is 9.18 Å². The Hall–Kier alpha value is -3.62. The number of amides is 1. The number of nitrogens with zero attached hydrogens (tertiary/aromatic N) is 3. The molecule has 0 unspecified atom stereocenters. The highest BCUT2D eigenvalue weighted by Gasteiger charge is 2.21. The summed E-state index contributed by atoms with van der Waals surface area (Å²) < 4.78 is 15.3. The molecule has 0 bridgehead atoms. The first-order chi connectivity index (χ1) is 16.6. The lowest BCUT2D eigenvalue weighted by Crippen LogP contribution is -2.23. The fourth-order valence-electron chi connectivity index (χ4n) is 3.75. The van der Waals surface area contributed by atoms with E-state index in [1.807, 2.05) is 36.6 Å². The first-order valence-electron chi connectivity index (χ1n) is 10.7. The zero-order valence-corrected chi connectivity index (χ0v) is 20.0. The smallest absolute Gasteiger partial charge is 0.253 e. The summed E-state index contributed by atoms with van der Waals surface area (Å²) in [5.74, 6) is -0.465. The van der Waals surface area contributed by atoms with Gasteiger partial charge in [0.2, 0.25) is 0 Å². The van der Waals surface area contributed by atoms with Crippen LogP contribution in [-0.2, 0) is 13.1 Å². The third-order valence-corrected chi connectivity index (χ3v) is 7.32. The lowest BCUT2D eigenvalue weighted by molar-refractivity contribution is 0.0950. The molecule has 0 spiro atoms. The predicted molar refractivity (Wildman–Crippen MR) is 134 cm³/mol.